The molecule has 5 nitrogen and oxygen atoms in total. The molecule has 0 atom stereocenters. The van der Waals surface area contributed by atoms with Gasteiger partial charge in [0.15, 0.2) is 11.6 Å². The zero-order chi connectivity index (χ0) is 15.6. The lowest BCUT2D eigenvalue weighted by molar-refractivity contribution is 0.397. The van der Waals surface area contributed by atoms with Crippen LogP contribution < -0.4 is 10.5 Å². The van der Waals surface area contributed by atoms with Crippen molar-refractivity contribution in [1.29, 1.82) is 10.5 Å². The van der Waals surface area contributed by atoms with Crippen molar-refractivity contribution in [1.82, 2.24) is 4.98 Å². The van der Waals surface area contributed by atoms with Gasteiger partial charge in [0.1, 0.15) is 29.1 Å². The number of nitrogens with two attached hydrogens (primary N) is 1. The number of hydrogen-bond acceptors (Lipinski definition) is 5. The lowest BCUT2D eigenvalue weighted by atomic mass is 9.96. The third-order valence-electron chi connectivity index (χ3n) is 2.82. The van der Waals surface area contributed by atoms with Gasteiger partial charge in [-0.1, -0.05) is 6.07 Å². The molecule has 0 saturated heterocycles. The summed E-state index contributed by atoms with van der Waals surface area (Å²) >= 11 is 0. The number of benzene rings is 1. The minimum absolute atomic E-state index is 0.0586. The average Bonchev–Trinajstić information content (AvgIpc) is 2.48. The number of pyridine rings is 1. The minimum atomic E-state index is -1.10. The monoisotopic (exact) mass is 286 g/mol. The number of nitrogens with zero attached hydrogens (tertiary/aromatic N) is 3. The fourth-order valence-corrected chi connectivity index (χ4v) is 1.89. The summed E-state index contributed by atoms with van der Waals surface area (Å²) in [7, 11) is 1.28. The highest BCUT2D eigenvalue weighted by molar-refractivity contribution is 5.82. The highest BCUT2D eigenvalue weighted by Gasteiger charge is 2.21. The van der Waals surface area contributed by atoms with Crippen LogP contribution in [-0.4, -0.2) is 12.1 Å². The van der Waals surface area contributed by atoms with E-state index in [1.54, 1.807) is 0 Å². The maximum atomic E-state index is 13.4. The lowest BCUT2D eigenvalue weighted by Crippen LogP contribution is -2.04. The standard InChI is InChI=1S/C14H8F2N4O/c1-21-14-9(6-18)12(8(5-17)13(19)20-14)7-2-3-10(15)11(16)4-7/h2-4H,1H3,(H2,19,20). The van der Waals surface area contributed by atoms with Crippen LogP contribution >= 0.6 is 0 Å². The van der Waals surface area contributed by atoms with Crippen molar-refractivity contribution in [2.45, 2.75) is 0 Å². The Balaban J connectivity index is 2.89. The average molecular weight is 286 g/mol. The Kier molecular flexibility index (Phi) is 3.68. The van der Waals surface area contributed by atoms with Gasteiger partial charge in [0.25, 0.3) is 0 Å². The fraction of sp³-hybridized carbons (Fsp3) is 0.0714. The van der Waals surface area contributed by atoms with Crippen LogP contribution in [0.4, 0.5) is 14.6 Å². The van der Waals surface area contributed by atoms with E-state index in [1.807, 2.05) is 12.1 Å². The second kappa shape index (κ2) is 5.43. The van der Waals surface area contributed by atoms with Gasteiger partial charge in [-0.25, -0.2) is 8.78 Å². The third kappa shape index (κ3) is 2.33. The number of rotatable bonds is 2. The van der Waals surface area contributed by atoms with Crippen LogP contribution in [0.3, 0.4) is 0 Å². The lowest BCUT2D eigenvalue weighted by Gasteiger charge is -2.12. The van der Waals surface area contributed by atoms with Gasteiger partial charge in [-0.05, 0) is 17.7 Å². The second-order valence-electron chi connectivity index (χ2n) is 3.98. The van der Waals surface area contributed by atoms with Gasteiger partial charge in [-0.15, -0.1) is 0 Å². The molecule has 0 aliphatic carbocycles. The predicted octanol–water partition coefficient (Wildman–Crippen LogP) is 2.36. The van der Waals surface area contributed by atoms with Gasteiger partial charge in [0.2, 0.25) is 5.88 Å². The van der Waals surface area contributed by atoms with Crippen molar-refractivity contribution in [2.24, 2.45) is 0 Å². The van der Waals surface area contributed by atoms with Crippen molar-refractivity contribution in [2.75, 3.05) is 12.8 Å². The highest BCUT2D eigenvalue weighted by Crippen LogP contribution is 2.35. The number of anilines is 1. The first-order valence-corrected chi connectivity index (χ1v) is 5.66. The molecule has 0 aliphatic rings. The van der Waals surface area contributed by atoms with E-state index in [0.29, 0.717) is 0 Å². The maximum Gasteiger partial charge on any atom is 0.234 e. The molecule has 0 aliphatic heterocycles. The molecule has 0 unspecified atom stereocenters. The molecular weight excluding hydrogens is 278 g/mol. The summed E-state index contributed by atoms with van der Waals surface area (Å²) in [6.07, 6.45) is 0. The summed E-state index contributed by atoms with van der Waals surface area (Å²) in [6.45, 7) is 0. The van der Waals surface area contributed by atoms with Crippen LogP contribution in [-0.2, 0) is 0 Å². The molecule has 2 N–H and O–H groups in total. The first-order valence-electron chi connectivity index (χ1n) is 5.66. The molecular formula is C14H8F2N4O. The Labute approximate surface area is 118 Å². The molecule has 0 radical (unpaired) electrons. The van der Waals surface area contributed by atoms with E-state index in [0.717, 1.165) is 12.1 Å². The molecule has 0 fully saturated rings. The van der Waals surface area contributed by atoms with Gasteiger partial charge in [-0.2, -0.15) is 15.5 Å². The molecule has 7 heteroatoms. The smallest absolute Gasteiger partial charge is 0.234 e. The molecule has 2 aromatic rings. The largest absolute Gasteiger partial charge is 0.480 e. The van der Waals surface area contributed by atoms with E-state index in [1.165, 1.54) is 13.2 Å². The molecule has 0 bridgehead atoms. The van der Waals surface area contributed by atoms with Crippen LogP contribution in [0.1, 0.15) is 11.1 Å². The topological polar surface area (TPSA) is 95.7 Å². The summed E-state index contributed by atoms with van der Waals surface area (Å²) in [5.74, 6) is -2.39. The Morgan fingerprint density at radius 3 is 2.33 bits per heavy atom. The van der Waals surface area contributed by atoms with E-state index in [4.69, 9.17) is 10.5 Å². The molecule has 21 heavy (non-hydrogen) atoms. The molecule has 1 aromatic carbocycles. The van der Waals surface area contributed by atoms with Crippen molar-refractivity contribution >= 4 is 5.82 Å². The summed E-state index contributed by atoms with van der Waals surface area (Å²) in [5.41, 5.74) is 5.67. The fourth-order valence-electron chi connectivity index (χ4n) is 1.89. The molecule has 1 aromatic heterocycles. The van der Waals surface area contributed by atoms with Gasteiger partial charge in [-0.3, -0.25) is 0 Å². The van der Waals surface area contributed by atoms with Gasteiger partial charge in [0.05, 0.1) is 7.11 Å². The van der Waals surface area contributed by atoms with Crippen LogP contribution in [0.25, 0.3) is 11.1 Å². The van der Waals surface area contributed by atoms with Crippen molar-refractivity contribution in [3.05, 3.63) is 41.0 Å². The summed E-state index contributed by atoms with van der Waals surface area (Å²) < 4.78 is 31.4. The van der Waals surface area contributed by atoms with Crippen molar-refractivity contribution in [3.8, 4) is 29.1 Å². The van der Waals surface area contributed by atoms with Crippen LogP contribution in [0.2, 0.25) is 0 Å². The highest BCUT2D eigenvalue weighted by atomic mass is 19.2. The van der Waals surface area contributed by atoms with Crippen LogP contribution in [0.15, 0.2) is 18.2 Å². The van der Waals surface area contributed by atoms with E-state index in [-0.39, 0.29) is 34.0 Å². The number of aromatic nitrogens is 1. The Bertz CT molecular complexity index is 806. The van der Waals surface area contributed by atoms with E-state index >= 15 is 0 Å². The number of hydrogen-bond donors (Lipinski definition) is 1. The first-order chi connectivity index (χ1) is 10.0. The Morgan fingerprint density at radius 2 is 1.81 bits per heavy atom. The number of methoxy groups -OCH3 is 1. The van der Waals surface area contributed by atoms with E-state index in [2.05, 4.69) is 4.98 Å². The van der Waals surface area contributed by atoms with Gasteiger partial charge >= 0.3 is 0 Å². The second-order valence-corrected chi connectivity index (χ2v) is 3.98. The maximum absolute atomic E-state index is 13.4. The molecule has 0 saturated carbocycles. The molecule has 0 spiro atoms. The number of nitrogen functional groups attached to an aromatic ring is 1. The number of nitriles is 2. The van der Waals surface area contributed by atoms with Crippen molar-refractivity contribution < 1.29 is 13.5 Å². The zero-order valence-electron chi connectivity index (χ0n) is 10.8. The van der Waals surface area contributed by atoms with Crippen molar-refractivity contribution in [3.63, 3.8) is 0 Å². The van der Waals surface area contributed by atoms with Crippen LogP contribution in [0.5, 0.6) is 5.88 Å². The molecule has 104 valence electrons. The number of halogens is 2. The summed E-state index contributed by atoms with van der Waals surface area (Å²) in [6, 6.07) is 6.67. The Hall–Kier alpha value is -3.19. The molecule has 1 heterocycles. The normalized spacial score (nSPS) is 9.76. The third-order valence-corrected chi connectivity index (χ3v) is 2.82. The van der Waals surface area contributed by atoms with E-state index in [9.17, 15) is 19.3 Å². The van der Waals surface area contributed by atoms with Gasteiger partial charge in [0, 0.05) is 5.56 Å². The summed E-state index contributed by atoms with van der Waals surface area (Å²) in [4.78, 5) is 3.80. The Morgan fingerprint density at radius 1 is 1.14 bits per heavy atom. The quantitative estimate of drug-likeness (QED) is 0.914. The van der Waals surface area contributed by atoms with Gasteiger partial charge < -0.3 is 10.5 Å². The molecule has 2 rings (SSSR count). The zero-order valence-corrected chi connectivity index (χ0v) is 10.8. The minimum Gasteiger partial charge on any atom is -0.480 e. The molecule has 0 amide bonds. The first kappa shape index (κ1) is 14.2. The van der Waals surface area contributed by atoms with E-state index < -0.39 is 11.6 Å². The predicted molar refractivity (Wildman–Crippen MR) is 70.0 cm³/mol. The van der Waals surface area contributed by atoms with Crippen LogP contribution in [0, 0.1) is 34.3 Å². The summed E-state index contributed by atoms with van der Waals surface area (Å²) in [5, 5.41) is 18.4. The number of ether oxygens (including phenoxy) is 1. The SMILES string of the molecule is COc1nc(N)c(C#N)c(-c2ccc(F)c(F)c2)c1C#N.